The van der Waals surface area contributed by atoms with Gasteiger partial charge in [0.25, 0.3) is 0 Å². The molecule has 1 aliphatic rings. The zero-order valence-corrected chi connectivity index (χ0v) is 11.5. The van der Waals surface area contributed by atoms with E-state index in [0.29, 0.717) is 11.3 Å². The number of esters is 1. The molecule has 0 saturated heterocycles. The highest BCUT2D eigenvalue weighted by atomic mass is 16.5. The molecule has 1 aliphatic heterocycles. The van der Waals surface area contributed by atoms with Crippen LogP contribution in [0.3, 0.4) is 0 Å². The van der Waals surface area contributed by atoms with Gasteiger partial charge in [-0.05, 0) is 29.8 Å². The molecule has 0 N–H and O–H groups in total. The Morgan fingerprint density at radius 1 is 1.00 bits per heavy atom. The third-order valence-corrected chi connectivity index (χ3v) is 3.32. The number of hydrogen-bond donors (Lipinski definition) is 0. The molecule has 0 fully saturated rings. The fraction of sp³-hybridized carbons (Fsp3) is 0.118. The molecule has 0 atom stereocenters. The van der Waals surface area contributed by atoms with Crippen LogP contribution in [0.2, 0.25) is 0 Å². The number of fused-ring (bicyclic) bond motifs is 1. The Morgan fingerprint density at radius 3 is 2.40 bits per heavy atom. The number of hydrogen-bond acceptors (Lipinski definition) is 3. The number of rotatable bonds is 2. The van der Waals surface area contributed by atoms with Crippen molar-refractivity contribution in [1.29, 1.82) is 0 Å². The van der Waals surface area contributed by atoms with Crippen molar-refractivity contribution in [2.45, 2.75) is 0 Å². The van der Waals surface area contributed by atoms with Gasteiger partial charge >= 0.3 is 5.97 Å². The number of ether oxygens (including phenoxy) is 1. The normalized spacial score (nSPS) is 15.1. The summed E-state index contributed by atoms with van der Waals surface area (Å²) < 4.78 is 5.24. The average molecular weight is 265 g/mol. The van der Waals surface area contributed by atoms with Crippen molar-refractivity contribution in [2.75, 3.05) is 19.0 Å². The molecule has 3 rings (SSSR count). The number of benzene rings is 2. The summed E-state index contributed by atoms with van der Waals surface area (Å²) in [4.78, 5) is 13.9. The number of carbonyl (C=O) groups excluding carboxylic acids is 1. The topological polar surface area (TPSA) is 29.5 Å². The molecule has 2 aromatic carbocycles. The molecule has 0 amide bonds. The summed E-state index contributed by atoms with van der Waals surface area (Å²) in [7, 11) is 4.00. The lowest BCUT2D eigenvalue weighted by Crippen LogP contribution is -2.07. The van der Waals surface area contributed by atoms with E-state index in [0.717, 1.165) is 16.8 Å². The molecule has 2 aromatic rings. The Balaban J connectivity index is 1.98. The van der Waals surface area contributed by atoms with E-state index in [9.17, 15) is 4.79 Å². The first kappa shape index (κ1) is 12.5. The van der Waals surface area contributed by atoms with Crippen molar-refractivity contribution in [2.24, 2.45) is 0 Å². The summed E-state index contributed by atoms with van der Waals surface area (Å²) in [6.45, 7) is 0. The molecular formula is C17H15NO2. The number of nitrogens with zero attached hydrogens (tertiary/aromatic N) is 1. The molecule has 1 heterocycles. The van der Waals surface area contributed by atoms with Crippen molar-refractivity contribution in [3.63, 3.8) is 0 Å². The quantitative estimate of drug-likeness (QED) is 0.474. The van der Waals surface area contributed by atoms with Crippen LogP contribution in [0.1, 0.15) is 11.1 Å². The highest BCUT2D eigenvalue weighted by Crippen LogP contribution is 2.34. The van der Waals surface area contributed by atoms with Gasteiger partial charge in [0, 0.05) is 25.3 Å². The van der Waals surface area contributed by atoms with Crippen LogP contribution in [-0.2, 0) is 4.79 Å². The number of para-hydroxylation sites is 1. The lowest BCUT2D eigenvalue weighted by molar-refractivity contribution is -0.126. The molecule has 0 saturated carbocycles. The largest absolute Gasteiger partial charge is 0.422 e. The third kappa shape index (κ3) is 2.18. The van der Waals surface area contributed by atoms with Gasteiger partial charge in [-0.3, -0.25) is 0 Å². The maximum atomic E-state index is 11.9. The highest BCUT2D eigenvalue weighted by Gasteiger charge is 2.25. The van der Waals surface area contributed by atoms with Gasteiger partial charge < -0.3 is 9.64 Å². The lowest BCUT2D eigenvalue weighted by Gasteiger charge is -2.11. The van der Waals surface area contributed by atoms with E-state index < -0.39 is 0 Å². The molecule has 20 heavy (non-hydrogen) atoms. The van der Waals surface area contributed by atoms with Crippen LogP contribution in [0, 0.1) is 0 Å². The van der Waals surface area contributed by atoms with E-state index >= 15 is 0 Å². The van der Waals surface area contributed by atoms with E-state index in [2.05, 4.69) is 0 Å². The SMILES string of the molecule is CN(C)c1ccc(/C=C2\C(=O)Oc3ccccc32)cc1. The van der Waals surface area contributed by atoms with Gasteiger partial charge in [-0.2, -0.15) is 0 Å². The van der Waals surface area contributed by atoms with Gasteiger partial charge in [0.1, 0.15) is 5.75 Å². The van der Waals surface area contributed by atoms with Crippen molar-refractivity contribution in [3.8, 4) is 5.75 Å². The highest BCUT2D eigenvalue weighted by molar-refractivity contribution is 6.25. The summed E-state index contributed by atoms with van der Waals surface area (Å²) in [5.74, 6) is 0.344. The van der Waals surface area contributed by atoms with Crippen LogP contribution in [0.5, 0.6) is 5.75 Å². The summed E-state index contributed by atoms with van der Waals surface area (Å²) in [5.41, 5.74) is 3.58. The van der Waals surface area contributed by atoms with E-state index in [1.165, 1.54) is 0 Å². The Hall–Kier alpha value is -2.55. The van der Waals surface area contributed by atoms with Crippen LogP contribution in [0.25, 0.3) is 11.6 Å². The fourth-order valence-electron chi connectivity index (χ4n) is 2.21. The second kappa shape index (κ2) is 4.85. The monoisotopic (exact) mass is 265 g/mol. The number of carbonyl (C=O) groups is 1. The predicted molar refractivity (Wildman–Crippen MR) is 80.7 cm³/mol. The second-order valence-electron chi connectivity index (χ2n) is 4.93. The first-order valence-electron chi connectivity index (χ1n) is 6.46. The molecule has 3 heteroatoms. The molecule has 0 aromatic heterocycles. The minimum absolute atomic E-state index is 0.289. The standard InChI is InChI=1S/C17H15NO2/c1-18(2)13-9-7-12(8-10-13)11-15-14-5-3-4-6-16(14)20-17(15)19/h3-11H,1-2H3/b15-11-. The molecule has 0 spiro atoms. The molecule has 0 unspecified atom stereocenters. The zero-order valence-electron chi connectivity index (χ0n) is 11.5. The summed E-state index contributed by atoms with van der Waals surface area (Å²) in [5, 5.41) is 0. The molecule has 3 nitrogen and oxygen atoms in total. The van der Waals surface area contributed by atoms with E-state index in [-0.39, 0.29) is 5.97 Å². The van der Waals surface area contributed by atoms with Crippen LogP contribution in [-0.4, -0.2) is 20.1 Å². The second-order valence-corrected chi connectivity index (χ2v) is 4.93. The van der Waals surface area contributed by atoms with Crippen LogP contribution >= 0.6 is 0 Å². The lowest BCUT2D eigenvalue weighted by atomic mass is 10.0. The maximum absolute atomic E-state index is 11.9. The van der Waals surface area contributed by atoms with Crippen molar-refractivity contribution < 1.29 is 9.53 Å². The zero-order chi connectivity index (χ0) is 14.1. The molecule has 100 valence electrons. The number of anilines is 1. The van der Waals surface area contributed by atoms with Crippen molar-refractivity contribution in [3.05, 3.63) is 59.7 Å². The Labute approximate surface area is 118 Å². The predicted octanol–water partition coefficient (Wildman–Crippen LogP) is 3.21. The Kier molecular flexibility index (Phi) is 3.03. The van der Waals surface area contributed by atoms with Crippen molar-refractivity contribution >= 4 is 23.3 Å². The summed E-state index contributed by atoms with van der Waals surface area (Å²) in [6, 6.07) is 15.5. The van der Waals surface area contributed by atoms with Crippen LogP contribution in [0.4, 0.5) is 5.69 Å². The summed E-state index contributed by atoms with van der Waals surface area (Å²) >= 11 is 0. The molecule has 0 bridgehead atoms. The Bertz CT molecular complexity index is 684. The van der Waals surface area contributed by atoms with Gasteiger partial charge in [0.05, 0.1) is 5.57 Å². The van der Waals surface area contributed by atoms with Gasteiger partial charge in [0.2, 0.25) is 0 Å². The van der Waals surface area contributed by atoms with E-state index in [4.69, 9.17) is 4.74 Å². The van der Waals surface area contributed by atoms with Crippen LogP contribution in [0.15, 0.2) is 48.5 Å². The maximum Gasteiger partial charge on any atom is 0.344 e. The molecule has 0 radical (unpaired) electrons. The molecular weight excluding hydrogens is 250 g/mol. The fourth-order valence-corrected chi connectivity index (χ4v) is 2.21. The van der Waals surface area contributed by atoms with Gasteiger partial charge in [-0.1, -0.05) is 30.3 Å². The summed E-state index contributed by atoms with van der Waals surface area (Å²) in [6.07, 6.45) is 1.87. The van der Waals surface area contributed by atoms with E-state index in [1.807, 2.05) is 73.6 Å². The van der Waals surface area contributed by atoms with E-state index in [1.54, 1.807) is 0 Å². The smallest absolute Gasteiger partial charge is 0.344 e. The van der Waals surface area contributed by atoms with Crippen LogP contribution < -0.4 is 9.64 Å². The van der Waals surface area contributed by atoms with Gasteiger partial charge in [-0.15, -0.1) is 0 Å². The first-order chi connectivity index (χ1) is 9.65. The average Bonchev–Trinajstić information content (AvgIpc) is 2.76. The van der Waals surface area contributed by atoms with Gasteiger partial charge in [0.15, 0.2) is 0 Å². The minimum Gasteiger partial charge on any atom is -0.422 e. The van der Waals surface area contributed by atoms with Gasteiger partial charge in [-0.25, -0.2) is 4.79 Å². The molecule has 0 aliphatic carbocycles. The van der Waals surface area contributed by atoms with Crippen molar-refractivity contribution in [1.82, 2.24) is 0 Å². The minimum atomic E-state index is -0.289. The third-order valence-electron chi connectivity index (χ3n) is 3.32. The Morgan fingerprint density at radius 2 is 1.70 bits per heavy atom. The first-order valence-corrected chi connectivity index (χ1v) is 6.46.